The van der Waals surface area contributed by atoms with Crippen molar-refractivity contribution in [3.63, 3.8) is 0 Å². The fraction of sp³-hybridized carbons (Fsp3) is 0.571. The van der Waals surface area contributed by atoms with Gasteiger partial charge in [-0.1, -0.05) is 25.7 Å². The van der Waals surface area contributed by atoms with E-state index in [0.717, 1.165) is 0 Å². The van der Waals surface area contributed by atoms with Gasteiger partial charge in [0, 0.05) is 18.8 Å². The molecule has 4 nitrogen and oxygen atoms in total. The SMILES string of the molecule is O=C(O)c1cccnc1CNC1CCCCCC1. The normalized spacial score (nSPS) is 17.3. The Morgan fingerprint density at radius 1 is 1.33 bits per heavy atom. The first-order valence-electron chi connectivity index (χ1n) is 6.68. The fourth-order valence-corrected chi connectivity index (χ4v) is 2.50. The molecule has 0 atom stereocenters. The lowest BCUT2D eigenvalue weighted by Gasteiger charge is -2.16. The molecule has 1 heterocycles. The Hall–Kier alpha value is -1.42. The van der Waals surface area contributed by atoms with Gasteiger partial charge in [-0.3, -0.25) is 4.98 Å². The average molecular weight is 248 g/mol. The van der Waals surface area contributed by atoms with Gasteiger partial charge < -0.3 is 10.4 Å². The second kappa shape index (κ2) is 6.50. The number of pyridine rings is 1. The molecule has 0 radical (unpaired) electrons. The number of hydrogen-bond acceptors (Lipinski definition) is 3. The molecule has 1 aliphatic carbocycles. The van der Waals surface area contributed by atoms with E-state index >= 15 is 0 Å². The Kier molecular flexibility index (Phi) is 4.70. The van der Waals surface area contributed by atoms with Crippen molar-refractivity contribution in [2.75, 3.05) is 0 Å². The Bertz CT molecular complexity index is 399. The van der Waals surface area contributed by atoms with Crippen LogP contribution in [0.3, 0.4) is 0 Å². The molecule has 0 unspecified atom stereocenters. The fourth-order valence-electron chi connectivity index (χ4n) is 2.50. The third-order valence-corrected chi connectivity index (χ3v) is 3.53. The number of nitrogens with zero attached hydrogens (tertiary/aromatic N) is 1. The second-order valence-corrected chi connectivity index (χ2v) is 4.87. The lowest BCUT2D eigenvalue weighted by Crippen LogP contribution is -2.29. The summed E-state index contributed by atoms with van der Waals surface area (Å²) in [6.45, 7) is 0.549. The highest BCUT2D eigenvalue weighted by Crippen LogP contribution is 2.17. The number of carboxylic acid groups (broad SMARTS) is 1. The largest absolute Gasteiger partial charge is 0.478 e. The zero-order valence-electron chi connectivity index (χ0n) is 10.6. The summed E-state index contributed by atoms with van der Waals surface area (Å²) in [7, 11) is 0. The van der Waals surface area contributed by atoms with Gasteiger partial charge in [0.15, 0.2) is 0 Å². The van der Waals surface area contributed by atoms with E-state index in [1.165, 1.54) is 38.5 Å². The summed E-state index contributed by atoms with van der Waals surface area (Å²) in [6, 6.07) is 3.79. The number of nitrogens with one attached hydrogen (secondary N) is 1. The van der Waals surface area contributed by atoms with Crippen LogP contribution in [0.4, 0.5) is 0 Å². The number of aromatic nitrogens is 1. The van der Waals surface area contributed by atoms with Gasteiger partial charge in [0.2, 0.25) is 0 Å². The topological polar surface area (TPSA) is 62.2 Å². The van der Waals surface area contributed by atoms with Crippen molar-refractivity contribution >= 4 is 5.97 Å². The van der Waals surface area contributed by atoms with Crippen molar-refractivity contribution in [1.29, 1.82) is 0 Å². The molecule has 1 aliphatic rings. The summed E-state index contributed by atoms with van der Waals surface area (Å²) in [5, 5.41) is 12.5. The smallest absolute Gasteiger partial charge is 0.337 e. The zero-order chi connectivity index (χ0) is 12.8. The molecule has 0 spiro atoms. The number of aromatic carboxylic acids is 1. The highest BCUT2D eigenvalue weighted by Gasteiger charge is 2.14. The first-order valence-corrected chi connectivity index (χ1v) is 6.68. The van der Waals surface area contributed by atoms with Gasteiger partial charge in [-0.2, -0.15) is 0 Å². The first-order chi connectivity index (χ1) is 8.77. The maximum atomic E-state index is 11.1. The lowest BCUT2D eigenvalue weighted by molar-refractivity contribution is 0.0695. The van der Waals surface area contributed by atoms with E-state index in [0.29, 0.717) is 23.8 Å². The standard InChI is InChI=1S/C14H20N2O2/c17-14(18)12-8-5-9-15-13(12)10-16-11-6-3-1-2-4-7-11/h5,8-9,11,16H,1-4,6-7,10H2,(H,17,18). The van der Waals surface area contributed by atoms with Crippen LogP contribution in [0.25, 0.3) is 0 Å². The van der Waals surface area contributed by atoms with Crippen molar-refractivity contribution < 1.29 is 9.90 Å². The van der Waals surface area contributed by atoms with Crippen LogP contribution < -0.4 is 5.32 Å². The van der Waals surface area contributed by atoms with Crippen LogP contribution in [0, 0.1) is 0 Å². The van der Waals surface area contributed by atoms with Gasteiger partial charge in [0.1, 0.15) is 0 Å². The van der Waals surface area contributed by atoms with Crippen molar-refractivity contribution in [3.8, 4) is 0 Å². The van der Waals surface area contributed by atoms with E-state index in [-0.39, 0.29) is 0 Å². The van der Waals surface area contributed by atoms with E-state index in [9.17, 15) is 4.79 Å². The van der Waals surface area contributed by atoms with Crippen LogP contribution in [0.2, 0.25) is 0 Å². The number of rotatable bonds is 4. The summed E-state index contributed by atoms with van der Waals surface area (Å²) in [6.07, 6.45) is 9.21. The quantitative estimate of drug-likeness (QED) is 0.804. The van der Waals surface area contributed by atoms with E-state index in [1.807, 2.05) is 0 Å². The van der Waals surface area contributed by atoms with Crippen molar-refractivity contribution in [1.82, 2.24) is 10.3 Å². The Morgan fingerprint density at radius 3 is 2.72 bits per heavy atom. The number of carbonyl (C=O) groups is 1. The minimum absolute atomic E-state index is 0.304. The molecule has 2 N–H and O–H groups in total. The monoisotopic (exact) mass is 248 g/mol. The van der Waals surface area contributed by atoms with Crippen LogP contribution in [0.1, 0.15) is 54.6 Å². The lowest BCUT2D eigenvalue weighted by atomic mass is 10.1. The summed E-state index contributed by atoms with van der Waals surface area (Å²) >= 11 is 0. The molecular formula is C14H20N2O2. The molecule has 18 heavy (non-hydrogen) atoms. The molecule has 98 valence electrons. The maximum absolute atomic E-state index is 11.1. The van der Waals surface area contributed by atoms with Gasteiger partial charge in [0.05, 0.1) is 11.3 Å². The van der Waals surface area contributed by atoms with Crippen molar-refractivity contribution in [2.45, 2.75) is 51.1 Å². The van der Waals surface area contributed by atoms with Crippen LogP contribution in [0.15, 0.2) is 18.3 Å². The van der Waals surface area contributed by atoms with Gasteiger partial charge in [-0.25, -0.2) is 4.79 Å². The van der Waals surface area contributed by atoms with Gasteiger partial charge in [-0.05, 0) is 25.0 Å². The highest BCUT2D eigenvalue weighted by atomic mass is 16.4. The van der Waals surface area contributed by atoms with E-state index in [4.69, 9.17) is 5.11 Å². The minimum atomic E-state index is -0.902. The second-order valence-electron chi connectivity index (χ2n) is 4.87. The molecule has 0 aromatic carbocycles. The van der Waals surface area contributed by atoms with Crippen molar-refractivity contribution in [3.05, 3.63) is 29.6 Å². The van der Waals surface area contributed by atoms with Gasteiger partial charge in [0.25, 0.3) is 0 Å². The predicted octanol–water partition coefficient (Wildman–Crippen LogP) is 2.59. The summed E-state index contributed by atoms with van der Waals surface area (Å²) in [5.41, 5.74) is 0.938. The third kappa shape index (κ3) is 3.53. The molecule has 1 saturated carbocycles. The molecule has 1 fully saturated rings. The van der Waals surface area contributed by atoms with E-state index < -0.39 is 5.97 Å². The molecule has 0 amide bonds. The molecule has 0 aliphatic heterocycles. The van der Waals surface area contributed by atoms with Crippen LogP contribution >= 0.6 is 0 Å². The third-order valence-electron chi connectivity index (χ3n) is 3.53. The molecule has 0 bridgehead atoms. The molecule has 1 aromatic heterocycles. The number of hydrogen-bond donors (Lipinski definition) is 2. The molecule has 2 rings (SSSR count). The van der Waals surface area contributed by atoms with Crippen LogP contribution in [-0.2, 0) is 6.54 Å². The average Bonchev–Trinajstić information content (AvgIpc) is 2.65. The Morgan fingerprint density at radius 2 is 2.06 bits per heavy atom. The maximum Gasteiger partial charge on any atom is 0.337 e. The minimum Gasteiger partial charge on any atom is -0.478 e. The van der Waals surface area contributed by atoms with Gasteiger partial charge >= 0.3 is 5.97 Å². The van der Waals surface area contributed by atoms with E-state index in [2.05, 4.69) is 10.3 Å². The molecule has 1 aromatic rings. The zero-order valence-corrected chi connectivity index (χ0v) is 10.6. The van der Waals surface area contributed by atoms with Gasteiger partial charge in [-0.15, -0.1) is 0 Å². The summed E-state index contributed by atoms with van der Waals surface area (Å²) in [4.78, 5) is 15.2. The van der Waals surface area contributed by atoms with Crippen LogP contribution in [0.5, 0.6) is 0 Å². The first kappa shape index (κ1) is 13.0. The van der Waals surface area contributed by atoms with E-state index in [1.54, 1.807) is 18.3 Å². The predicted molar refractivity (Wildman–Crippen MR) is 69.5 cm³/mol. The Labute approximate surface area is 107 Å². The molecular weight excluding hydrogens is 228 g/mol. The molecule has 4 heteroatoms. The number of carboxylic acids is 1. The van der Waals surface area contributed by atoms with Crippen molar-refractivity contribution in [2.24, 2.45) is 0 Å². The summed E-state index contributed by atoms with van der Waals surface area (Å²) in [5.74, 6) is -0.902. The van der Waals surface area contributed by atoms with Crippen LogP contribution in [-0.4, -0.2) is 22.1 Å². The highest BCUT2D eigenvalue weighted by molar-refractivity contribution is 5.88. The Balaban J connectivity index is 1.94. The molecule has 0 saturated heterocycles. The summed E-state index contributed by atoms with van der Waals surface area (Å²) < 4.78 is 0.